The lowest BCUT2D eigenvalue weighted by atomic mass is 9.80. The lowest BCUT2D eigenvalue weighted by Gasteiger charge is -2.33. The summed E-state index contributed by atoms with van der Waals surface area (Å²) in [6.07, 6.45) is 12.3. The van der Waals surface area contributed by atoms with Gasteiger partial charge in [-0.25, -0.2) is 9.97 Å². The Morgan fingerprint density at radius 1 is 0.862 bits per heavy atom. The number of aliphatic hydroxyl groups is 1. The second-order valence-corrected chi connectivity index (χ2v) is 17.9. The van der Waals surface area contributed by atoms with Gasteiger partial charge in [0.25, 0.3) is 11.8 Å². The van der Waals surface area contributed by atoms with Crippen molar-refractivity contribution in [3.05, 3.63) is 80.9 Å². The molecule has 2 aromatic heterocycles. The van der Waals surface area contributed by atoms with Gasteiger partial charge in [-0.1, -0.05) is 67.2 Å². The predicted molar refractivity (Wildman–Crippen MR) is 226 cm³/mol. The van der Waals surface area contributed by atoms with Crippen molar-refractivity contribution in [1.82, 2.24) is 28.9 Å². The van der Waals surface area contributed by atoms with Crippen LogP contribution in [-0.2, 0) is 44.8 Å². The first kappa shape index (κ1) is 40.7. The number of halogens is 2. The molecule has 2 amide bonds. The van der Waals surface area contributed by atoms with Crippen LogP contribution in [0.4, 0.5) is 11.4 Å². The summed E-state index contributed by atoms with van der Waals surface area (Å²) in [5.41, 5.74) is 6.10. The molecule has 4 aliphatic rings. The topological polar surface area (TPSA) is 138 Å². The largest absolute Gasteiger partial charge is 0.395 e. The van der Waals surface area contributed by atoms with Crippen LogP contribution in [0, 0.1) is 10.8 Å². The highest BCUT2D eigenvalue weighted by atomic mass is 35.5. The van der Waals surface area contributed by atoms with E-state index >= 15 is 0 Å². The number of carbonyl (C=O) groups excluding carboxylic acids is 3. The zero-order chi connectivity index (χ0) is 40.8. The first-order valence-electron chi connectivity index (χ1n) is 20.8. The predicted octanol–water partition coefficient (Wildman–Crippen LogP) is 7.44. The van der Waals surface area contributed by atoms with Gasteiger partial charge in [-0.05, 0) is 69.0 Å². The first-order chi connectivity index (χ1) is 28.0. The molecule has 8 rings (SSSR count). The van der Waals surface area contributed by atoms with Crippen molar-refractivity contribution in [3.8, 4) is 11.1 Å². The fraction of sp³-hybridized carbons (Fsp3) is 0.523. The monoisotopic (exact) mass is 828 g/mol. The Labute approximate surface area is 350 Å². The van der Waals surface area contributed by atoms with E-state index < -0.39 is 0 Å². The number of fused-ring (bicyclic) bond motifs is 4. The SMILES string of the molecule is CCCCC(CO)N1CCc2c(nc(C(=O)Nc3cccc(-c4cccc(NC(=O)c5nc6c(n5C)CCN(CCC57CCC(C=O)(CC5)C7)C6)c4Cl)c3Cl)n2C)C1. The number of hydrogen-bond donors (Lipinski definition) is 3. The average molecular weight is 830 g/mol. The molecule has 3 N–H and O–H groups in total. The van der Waals surface area contributed by atoms with Crippen LogP contribution >= 0.6 is 23.2 Å². The number of rotatable bonds is 14. The average Bonchev–Trinajstić information content (AvgIpc) is 3.98. The molecule has 2 aliphatic heterocycles. The van der Waals surface area contributed by atoms with Crippen LogP contribution < -0.4 is 10.6 Å². The third kappa shape index (κ3) is 7.62. The summed E-state index contributed by atoms with van der Waals surface area (Å²) in [4.78, 5) is 53.5. The summed E-state index contributed by atoms with van der Waals surface area (Å²) in [7, 11) is 3.75. The highest BCUT2D eigenvalue weighted by Crippen LogP contribution is 2.62. The molecule has 0 saturated heterocycles. The molecular weight excluding hydrogens is 775 g/mol. The molecule has 58 heavy (non-hydrogen) atoms. The molecule has 0 spiro atoms. The van der Waals surface area contributed by atoms with Gasteiger partial charge in [0.1, 0.15) is 6.29 Å². The molecule has 2 fully saturated rings. The maximum Gasteiger partial charge on any atom is 0.291 e. The van der Waals surface area contributed by atoms with Gasteiger partial charge < -0.3 is 29.7 Å². The lowest BCUT2D eigenvalue weighted by Crippen LogP contribution is -2.41. The van der Waals surface area contributed by atoms with Gasteiger partial charge in [0.05, 0.1) is 39.4 Å². The first-order valence-corrected chi connectivity index (χ1v) is 21.6. The van der Waals surface area contributed by atoms with E-state index in [-0.39, 0.29) is 35.7 Å². The molecule has 308 valence electrons. The van der Waals surface area contributed by atoms with Crippen molar-refractivity contribution >= 4 is 52.7 Å². The minimum Gasteiger partial charge on any atom is -0.395 e. The molecule has 14 heteroatoms. The Kier molecular flexibility index (Phi) is 11.6. The van der Waals surface area contributed by atoms with Crippen LogP contribution in [0.15, 0.2) is 36.4 Å². The molecule has 2 aliphatic carbocycles. The minimum absolute atomic E-state index is 0.0700. The summed E-state index contributed by atoms with van der Waals surface area (Å²) in [6, 6.07) is 10.8. The summed E-state index contributed by atoms with van der Waals surface area (Å²) in [5.74, 6) is -0.124. The van der Waals surface area contributed by atoms with E-state index in [9.17, 15) is 19.5 Å². The van der Waals surface area contributed by atoms with Crippen LogP contribution in [0.5, 0.6) is 0 Å². The normalized spacial score (nSPS) is 22.1. The number of carbonyl (C=O) groups is 3. The quantitative estimate of drug-likeness (QED) is 0.112. The van der Waals surface area contributed by atoms with Crippen molar-refractivity contribution < 1.29 is 19.5 Å². The molecule has 0 radical (unpaired) electrons. The van der Waals surface area contributed by atoms with Gasteiger partial charge in [-0.2, -0.15) is 0 Å². The number of hydrogen-bond acceptors (Lipinski definition) is 8. The highest BCUT2D eigenvalue weighted by Gasteiger charge is 2.53. The van der Waals surface area contributed by atoms with Crippen LogP contribution in [0.2, 0.25) is 10.0 Å². The third-order valence-electron chi connectivity index (χ3n) is 13.7. The Bertz CT molecular complexity index is 2220. The van der Waals surface area contributed by atoms with Crippen molar-refractivity contribution in [2.24, 2.45) is 24.9 Å². The van der Waals surface area contributed by atoms with Gasteiger partial charge >= 0.3 is 0 Å². The molecule has 2 saturated carbocycles. The third-order valence-corrected chi connectivity index (χ3v) is 14.5. The number of aromatic nitrogens is 4. The molecule has 2 aromatic carbocycles. The zero-order valence-corrected chi connectivity index (χ0v) is 35.3. The van der Waals surface area contributed by atoms with E-state index in [0.29, 0.717) is 56.9 Å². The number of imidazole rings is 2. The summed E-state index contributed by atoms with van der Waals surface area (Å²) in [5, 5.41) is 16.6. The lowest BCUT2D eigenvalue weighted by molar-refractivity contribution is -0.115. The second kappa shape index (κ2) is 16.5. The van der Waals surface area contributed by atoms with Gasteiger partial charge in [-0.15, -0.1) is 0 Å². The van der Waals surface area contributed by atoms with E-state index in [4.69, 9.17) is 33.2 Å². The van der Waals surface area contributed by atoms with Crippen LogP contribution in [0.3, 0.4) is 0 Å². The van der Waals surface area contributed by atoms with Gasteiger partial charge in [0, 0.05) is 87.1 Å². The van der Waals surface area contributed by atoms with E-state index in [1.54, 1.807) is 24.3 Å². The molecule has 1 atom stereocenters. The molecule has 4 aromatic rings. The number of unbranched alkanes of at least 4 members (excludes halogenated alkanes) is 1. The van der Waals surface area contributed by atoms with Crippen molar-refractivity contribution in [2.75, 3.05) is 36.9 Å². The fourth-order valence-corrected chi connectivity index (χ4v) is 10.7. The molecule has 1 unspecified atom stereocenters. The smallest absolute Gasteiger partial charge is 0.291 e. The number of aldehydes is 1. The number of amides is 2. The summed E-state index contributed by atoms with van der Waals surface area (Å²) < 4.78 is 3.74. The molecule has 2 bridgehead atoms. The van der Waals surface area contributed by atoms with Gasteiger partial charge in [-0.3, -0.25) is 19.4 Å². The Morgan fingerprint density at radius 2 is 1.43 bits per heavy atom. The van der Waals surface area contributed by atoms with E-state index in [1.807, 2.05) is 35.4 Å². The molecular formula is C44H54Cl2N8O4. The van der Waals surface area contributed by atoms with Gasteiger partial charge in [0.15, 0.2) is 11.6 Å². The maximum absolute atomic E-state index is 13.8. The standard InChI is InChI=1S/C44H54Cl2N8O4/c1-4-5-8-28(25-55)54-21-14-36-34(24-54)48-40(52(36)3)42(58)50-32-12-7-10-30(38(32)46)29-9-6-11-31(37(29)45)49-41(57)39-47-33-23-53(20-13-35(33)51(39)2)22-19-43-15-17-44(26-43,27-56)18-16-43/h6-7,9-12,27-28,55H,4-5,8,13-26H2,1-3H3,(H,49,57)(H,50,58). The van der Waals surface area contributed by atoms with Crippen molar-refractivity contribution in [3.63, 3.8) is 0 Å². The fourth-order valence-electron chi connectivity index (χ4n) is 10.2. The number of nitrogens with one attached hydrogen (secondary N) is 2. The summed E-state index contributed by atoms with van der Waals surface area (Å²) in [6.45, 7) is 6.20. The Hall–Kier alpha value is -4.07. The maximum atomic E-state index is 13.8. The number of anilines is 2. The van der Waals surface area contributed by atoms with E-state index in [0.717, 1.165) is 113 Å². The molecule has 12 nitrogen and oxygen atoms in total. The van der Waals surface area contributed by atoms with Crippen LogP contribution in [0.25, 0.3) is 11.1 Å². The number of benzene rings is 2. The van der Waals surface area contributed by atoms with Crippen molar-refractivity contribution in [2.45, 2.75) is 96.7 Å². The Morgan fingerprint density at radius 3 is 1.97 bits per heavy atom. The van der Waals surface area contributed by atoms with E-state index in [2.05, 4.69) is 27.4 Å². The minimum atomic E-state index is -0.381. The second-order valence-electron chi connectivity index (χ2n) is 17.2. The number of nitrogens with zero attached hydrogens (tertiary/aromatic N) is 6. The number of aliphatic hydroxyl groups excluding tert-OH is 1. The zero-order valence-electron chi connectivity index (χ0n) is 33.8. The Balaban J connectivity index is 0.934. The summed E-state index contributed by atoms with van der Waals surface area (Å²) >= 11 is 14.0. The van der Waals surface area contributed by atoms with Crippen molar-refractivity contribution in [1.29, 1.82) is 0 Å². The van der Waals surface area contributed by atoms with Gasteiger partial charge in [0.2, 0.25) is 0 Å². The highest BCUT2D eigenvalue weighted by molar-refractivity contribution is 6.40. The van der Waals surface area contributed by atoms with Crippen LogP contribution in [-0.4, -0.2) is 84.4 Å². The van der Waals surface area contributed by atoms with Crippen LogP contribution in [0.1, 0.15) is 109 Å². The van der Waals surface area contributed by atoms with E-state index in [1.165, 1.54) is 6.29 Å². The molecule has 4 heterocycles.